The van der Waals surface area contributed by atoms with Crippen LogP contribution in [-0.4, -0.2) is 0 Å². The minimum Gasteiger partial charge on any atom is -0.381 e. The molecule has 20 heavy (non-hydrogen) atoms. The van der Waals surface area contributed by atoms with Crippen LogP contribution in [0.3, 0.4) is 0 Å². The third-order valence-electron chi connectivity index (χ3n) is 3.15. The Kier molecular flexibility index (Phi) is 4.89. The highest BCUT2D eigenvalue weighted by atomic mass is 35.5. The van der Waals surface area contributed by atoms with E-state index in [9.17, 15) is 0 Å². The molecule has 3 rings (SSSR count). The van der Waals surface area contributed by atoms with E-state index in [0.717, 1.165) is 17.3 Å². The monoisotopic (exact) mass is 303 g/mol. The molecule has 1 N–H and O–H groups in total. The second kappa shape index (κ2) is 6.65. The SMILES string of the molecule is Cl.Clc1ccc(NCc2ccc3ccccc3c2)cc1. The van der Waals surface area contributed by atoms with Crippen molar-refractivity contribution in [2.75, 3.05) is 5.32 Å². The van der Waals surface area contributed by atoms with Gasteiger partial charge in [-0.15, -0.1) is 12.4 Å². The molecule has 0 aliphatic carbocycles. The predicted octanol–water partition coefficient (Wildman–Crippen LogP) is 5.53. The van der Waals surface area contributed by atoms with Gasteiger partial charge in [0.25, 0.3) is 0 Å². The Morgan fingerprint density at radius 3 is 2.25 bits per heavy atom. The first kappa shape index (κ1) is 14.7. The largest absolute Gasteiger partial charge is 0.381 e. The molecule has 0 amide bonds. The summed E-state index contributed by atoms with van der Waals surface area (Å²) in [6.45, 7) is 0.812. The number of fused-ring (bicyclic) bond motifs is 1. The van der Waals surface area contributed by atoms with E-state index < -0.39 is 0 Å². The Balaban J connectivity index is 0.00000147. The van der Waals surface area contributed by atoms with E-state index in [2.05, 4.69) is 47.8 Å². The van der Waals surface area contributed by atoms with E-state index in [-0.39, 0.29) is 12.4 Å². The molecule has 3 aromatic carbocycles. The summed E-state index contributed by atoms with van der Waals surface area (Å²) in [5.74, 6) is 0. The van der Waals surface area contributed by atoms with Crippen LogP contribution in [0.1, 0.15) is 5.56 Å². The van der Waals surface area contributed by atoms with Crippen molar-refractivity contribution in [2.24, 2.45) is 0 Å². The minimum atomic E-state index is 0. The average molecular weight is 304 g/mol. The molecule has 1 nitrogen and oxygen atoms in total. The number of benzene rings is 3. The maximum absolute atomic E-state index is 5.87. The highest BCUT2D eigenvalue weighted by Gasteiger charge is 1.97. The molecule has 0 atom stereocenters. The van der Waals surface area contributed by atoms with Gasteiger partial charge in [0.05, 0.1) is 0 Å². The first-order valence-corrected chi connectivity index (χ1v) is 6.66. The molecule has 0 aromatic heterocycles. The lowest BCUT2D eigenvalue weighted by Gasteiger charge is -2.07. The van der Waals surface area contributed by atoms with Crippen molar-refractivity contribution in [3.8, 4) is 0 Å². The maximum atomic E-state index is 5.87. The maximum Gasteiger partial charge on any atom is 0.0407 e. The quantitative estimate of drug-likeness (QED) is 0.671. The molecule has 0 fully saturated rings. The summed E-state index contributed by atoms with van der Waals surface area (Å²) in [4.78, 5) is 0. The van der Waals surface area contributed by atoms with Crippen molar-refractivity contribution in [3.63, 3.8) is 0 Å². The third kappa shape index (κ3) is 3.44. The molecule has 3 heteroatoms. The fourth-order valence-electron chi connectivity index (χ4n) is 2.12. The predicted molar refractivity (Wildman–Crippen MR) is 90.0 cm³/mol. The van der Waals surface area contributed by atoms with Gasteiger partial charge in [0.2, 0.25) is 0 Å². The van der Waals surface area contributed by atoms with Crippen molar-refractivity contribution < 1.29 is 0 Å². The smallest absolute Gasteiger partial charge is 0.0407 e. The lowest BCUT2D eigenvalue weighted by molar-refractivity contribution is 1.16. The molecular weight excluding hydrogens is 289 g/mol. The summed E-state index contributed by atoms with van der Waals surface area (Å²) in [5, 5.41) is 6.71. The Bertz CT molecular complexity index is 693. The number of hydrogen-bond acceptors (Lipinski definition) is 1. The number of anilines is 1. The highest BCUT2D eigenvalue weighted by Crippen LogP contribution is 2.18. The fourth-order valence-corrected chi connectivity index (χ4v) is 2.25. The van der Waals surface area contributed by atoms with Crippen LogP contribution in [0.25, 0.3) is 10.8 Å². The van der Waals surface area contributed by atoms with E-state index in [0.29, 0.717) is 0 Å². The van der Waals surface area contributed by atoms with Gasteiger partial charge in [-0.2, -0.15) is 0 Å². The van der Waals surface area contributed by atoms with Crippen molar-refractivity contribution in [1.29, 1.82) is 0 Å². The van der Waals surface area contributed by atoms with Crippen molar-refractivity contribution in [2.45, 2.75) is 6.54 Å². The molecule has 0 aliphatic heterocycles. The Labute approximate surface area is 130 Å². The lowest BCUT2D eigenvalue weighted by atomic mass is 10.1. The van der Waals surface area contributed by atoms with Gasteiger partial charge in [0.15, 0.2) is 0 Å². The molecule has 0 radical (unpaired) electrons. The first-order chi connectivity index (χ1) is 9.31. The highest BCUT2D eigenvalue weighted by molar-refractivity contribution is 6.30. The van der Waals surface area contributed by atoms with Crippen molar-refractivity contribution in [3.05, 3.63) is 77.3 Å². The molecular formula is C17H15Cl2N. The molecule has 102 valence electrons. The van der Waals surface area contributed by atoms with Crippen LogP contribution in [0.15, 0.2) is 66.7 Å². The summed E-state index contributed by atoms with van der Waals surface area (Å²) < 4.78 is 0. The van der Waals surface area contributed by atoms with Crippen molar-refractivity contribution in [1.82, 2.24) is 0 Å². The van der Waals surface area contributed by atoms with Crippen LogP contribution < -0.4 is 5.32 Å². The summed E-state index contributed by atoms with van der Waals surface area (Å²) in [6, 6.07) is 22.7. The van der Waals surface area contributed by atoms with Crippen LogP contribution in [0, 0.1) is 0 Å². The Hall–Kier alpha value is -1.70. The van der Waals surface area contributed by atoms with Gasteiger partial charge in [0.1, 0.15) is 0 Å². The van der Waals surface area contributed by atoms with Crippen LogP contribution in [0.2, 0.25) is 5.02 Å². The van der Waals surface area contributed by atoms with E-state index in [1.54, 1.807) is 0 Å². The standard InChI is InChI=1S/C17H14ClN.ClH/c18-16-7-9-17(10-8-16)19-12-13-5-6-14-3-1-2-4-15(14)11-13;/h1-11,19H,12H2;1H. The summed E-state index contributed by atoms with van der Waals surface area (Å²) in [6.07, 6.45) is 0. The molecule has 0 saturated heterocycles. The molecule has 0 unspecified atom stereocenters. The normalized spacial score (nSPS) is 10.1. The second-order valence-electron chi connectivity index (χ2n) is 4.54. The fraction of sp³-hybridized carbons (Fsp3) is 0.0588. The van der Waals surface area contributed by atoms with Gasteiger partial charge < -0.3 is 5.32 Å². The van der Waals surface area contributed by atoms with E-state index in [1.165, 1.54) is 16.3 Å². The molecule has 0 saturated carbocycles. The molecule has 0 bridgehead atoms. The lowest BCUT2D eigenvalue weighted by Crippen LogP contribution is -1.98. The van der Waals surface area contributed by atoms with E-state index >= 15 is 0 Å². The van der Waals surface area contributed by atoms with Crippen LogP contribution in [-0.2, 0) is 6.54 Å². The molecule has 0 aliphatic rings. The van der Waals surface area contributed by atoms with Crippen molar-refractivity contribution >= 4 is 40.5 Å². The van der Waals surface area contributed by atoms with Gasteiger partial charge >= 0.3 is 0 Å². The van der Waals surface area contributed by atoms with Gasteiger partial charge in [-0.25, -0.2) is 0 Å². The molecule has 0 spiro atoms. The number of rotatable bonds is 3. The average Bonchev–Trinajstić information content (AvgIpc) is 2.46. The molecule has 0 heterocycles. The van der Waals surface area contributed by atoms with Crippen LogP contribution in [0.4, 0.5) is 5.69 Å². The zero-order valence-electron chi connectivity index (χ0n) is 10.8. The summed E-state index contributed by atoms with van der Waals surface area (Å²) in [5.41, 5.74) is 2.35. The van der Waals surface area contributed by atoms with Gasteiger partial charge in [0, 0.05) is 17.3 Å². The van der Waals surface area contributed by atoms with E-state index in [4.69, 9.17) is 11.6 Å². The topological polar surface area (TPSA) is 12.0 Å². The van der Waals surface area contributed by atoms with Gasteiger partial charge in [-0.1, -0.05) is 48.0 Å². The minimum absolute atomic E-state index is 0. The number of nitrogens with one attached hydrogen (secondary N) is 1. The second-order valence-corrected chi connectivity index (χ2v) is 4.98. The zero-order chi connectivity index (χ0) is 13.1. The Morgan fingerprint density at radius 1 is 0.800 bits per heavy atom. The third-order valence-corrected chi connectivity index (χ3v) is 3.41. The first-order valence-electron chi connectivity index (χ1n) is 6.28. The number of hydrogen-bond donors (Lipinski definition) is 1. The zero-order valence-corrected chi connectivity index (χ0v) is 12.4. The summed E-state index contributed by atoms with van der Waals surface area (Å²) >= 11 is 5.87. The Morgan fingerprint density at radius 2 is 1.50 bits per heavy atom. The number of halogens is 2. The van der Waals surface area contributed by atoms with Gasteiger partial charge in [-0.05, 0) is 46.7 Å². The summed E-state index contributed by atoms with van der Waals surface area (Å²) in [7, 11) is 0. The van der Waals surface area contributed by atoms with Crippen LogP contribution >= 0.6 is 24.0 Å². The van der Waals surface area contributed by atoms with E-state index in [1.807, 2.05) is 24.3 Å². The molecule has 3 aromatic rings. The van der Waals surface area contributed by atoms with Crippen LogP contribution in [0.5, 0.6) is 0 Å². The van der Waals surface area contributed by atoms with Gasteiger partial charge in [-0.3, -0.25) is 0 Å².